The van der Waals surface area contributed by atoms with Crippen molar-refractivity contribution in [3.8, 4) is 0 Å². The third-order valence-corrected chi connectivity index (χ3v) is 2.66. The Morgan fingerprint density at radius 1 is 1.00 bits per heavy atom. The summed E-state index contributed by atoms with van der Waals surface area (Å²) in [6.45, 7) is 2.59. The molecular formula is C9H21N2O2S. The fraction of sp³-hybridized carbons (Fsp3) is 1.00. The first-order chi connectivity index (χ1) is 6.56. The van der Waals surface area contributed by atoms with Crippen LogP contribution in [0.5, 0.6) is 0 Å². The highest BCUT2D eigenvalue weighted by Crippen LogP contribution is 2.06. The van der Waals surface area contributed by atoms with Gasteiger partial charge in [-0.05, 0) is 6.42 Å². The van der Waals surface area contributed by atoms with Gasteiger partial charge < -0.3 is 0 Å². The van der Waals surface area contributed by atoms with Crippen LogP contribution >= 0.6 is 0 Å². The SMILES string of the molecule is CCCCCCCCCNS([NH])(=O)=O. The van der Waals surface area contributed by atoms with Crippen LogP contribution < -0.4 is 9.86 Å². The van der Waals surface area contributed by atoms with Crippen LogP contribution in [0.1, 0.15) is 51.9 Å². The highest BCUT2D eigenvalue weighted by Gasteiger charge is 1.99. The van der Waals surface area contributed by atoms with Gasteiger partial charge in [-0.15, -0.1) is 5.14 Å². The lowest BCUT2D eigenvalue weighted by Crippen LogP contribution is -2.24. The smallest absolute Gasteiger partial charge is 0.201 e. The maximum Gasteiger partial charge on any atom is 0.290 e. The standard InChI is InChI=1S/C9H21N2O2S/c1-2-3-4-5-6-7-8-9-11-14(10,12)13/h10-11H,2-9H2,1H3. The molecule has 0 fully saturated rings. The molecule has 0 aromatic carbocycles. The lowest BCUT2D eigenvalue weighted by Gasteiger charge is -2.01. The summed E-state index contributed by atoms with van der Waals surface area (Å²) in [5, 5.41) is 6.56. The van der Waals surface area contributed by atoms with Crippen molar-refractivity contribution >= 4 is 10.2 Å². The summed E-state index contributed by atoms with van der Waals surface area (Å²) in [5.41, 5.74) is 0. The number of rotatable bonds is 9. The Morgan fingerprint density at radius 3 is 2.00 bits per heavy atom. The molecule has 0 aromatic rings. The normalized spacial score (nSPS) is 11.9. The monoisotopic (exact) mass is 221 g/mol. The zero-order chi connectivity index (χ0) is 10.9. The van der Waals surface area contributed by atoms with Gasteiger partial charge in [-0.25, -0.2) is 4.72 Å². The quantitative estimate of drug-likeness (QED) is 0.604. The van der Waals surface area contributed by atoms with Crippen LogP contribution in [0.3, 0.4) is 0 Å². The van der Waals surface area contributed by atoms with Gasteiger partial charge in [0.05, 0.1) is 0 Å². The van der Waals surface area contributed by atoms with E-state index in [0.29, 0.717) is 6.54 Å². The van der Waals surface area contributed by atoms with Crippen molar-refractivity contribution in [2.75, 3.05) is 6.54 Å². The molecular weight excluding hydrogens is 200 g/mol. The first-order valence-electron chi connectivity index (χ1n) is 5.30. The lowest BCUT2D eigenvalue weighted by molar-refractivity contribution is 0.563. The molecule has 1 radical (unpaired) electrons. The molecule has 0 saturated carbocycles. The Kier molecular flexibility index (Phi) is 8.12. The van der Waals surface area contributed by atoms with Gasteiger partial charge in [-0.2, -0.15) is 8.42 Å². The third-order valence-electron chi connectivity index (χ3n) is 2.07. The molecule has 14 heavy (non-hydrogen) atoms. The van der Waals surface area contributed by atoms with Crippen LogP contribution in [0.25, 0.3) is 0 Å². The van der Waals surface area contributed by atoms with Gasteiger partial charge in [-0.1, -0.05) is 45.4 Å². The average molecular weight is 221 g/mol. The number of nitrogens with one attached hydrogen (secondary N) is 2. The molecule has 5 heteroatoms. The van der Waals surface area contributed by atoms with Crippen molar-refractivity contribution in [2.24, 2.45) is 0 Å². The van der Waals surface area contributed by atoms with Crippen LogP contribution in [0, 0.1) is 0 Å². The molecule has 0 amide bonds. The third kappa shape index (κ3) is 11.9. The zero-order valence-corrected chi connectivity index (χ0v) is 9.70. The highest BCUT2D eigenvalue weighted by molar-refractivity contribution is 7.86. The van der Waals surface area contributed by atoms with Crippen LogP contribution in [0.15, 0.2) is 0 Å². The molecule has 0 aromatic heterocycles. The summed E-state index contributed by atoms with van der Waals surface area (Å²) in [6.07, 6.45) is 8.11. The molecule has 0 rings (SSSR count). The van der Waals surface area contributed by atoms with E-state index >= 15 is 0 Å². The minimum absolute atomic E-state index is 0.402. The summed E-state index contributed by atoms with van der Waals surface area (Å²) in [4.78, 5) is 0. The topological polar surface area (TPSA) is 70.0 Å². The van der Waals surface area contributed by atoms with E-state index in [9.17, 15) is 8.42 Å². The summed E-state index contributed by atoms with van der Waals surface area (Å²) in [6, 6.07) is 0. The van der Waals surface area contributed by atoms with Gasteiger partial charge in [0.2, 0.25) is 0 Å². The second-order valence-corrected chi connectivity index (χ2v) is 4.81. The second-order valence-electron chi connectivity index (χ2n) is 3.52. The predicted molar refractivity (Wildman–Crippen MR) is 58.0 cm³/mol. The van der Waals surface area contributed by atoms with Crippen LogP contribution in [0.4, 0.5) is 0 Å². The van der Waals surface area contributed by atoms with Crippen molar-refractivity contribution in [1.29, 1.82) is 0 Å². The van der Waals surface area contributed by atoms with Crippen molar-refractivity contribution < 1.29 is 8.42 Å². The highest BCUT2D eigenvalue weighted by atomic mass is 32.2. The van der Waals surface area contributed by atoms with Crippen LogP contribution in [-0.2, 0) is 10.2 Å². The molecule has 0 unspecified atom stereocenters. The van der Waals surface area contributed by atoms with E-state index < -0.39 is 10.2 Å². The van der Waals surface area contributed by atoms with Crippen molar-refractivity contribution in [2.45, 2.75) is 51.9 Å². The summed E-state index contributed by atoms with van der Waals surface area (Å²) in [5.74, 6) is 0. The molecule has 2 N–H and O–H groups in total. The van der Waals surface area contributed by atoms with E-state index in [0.717, 1.165) is 12.8 Å². The maximum atomic E-state index is 10.4. The van der Waals surface area contributed by atoms with E-state index in [1.807, 2.05) is 0 Å². The lowest BCUT2D eigenvalue weighted by atomic mass is 10.1. The Labute approximate surface area is 87.4 Å². The van der Waals surface area contributed by atoms with Gasteiger partial charge in [0.15, 0.2) is 0 Å². The van der Waals surface area contributed by atoms with Gasteiger partial charge >= 0.3 is 0 Å². The Balaban J connectivity index is 3.07. The van der Waals surface area contributed by atoms with E-state index in [1.54, 1.807) is 0 Å². The Morgan fingerprint density at radius 2 is 1.50 bits per heavy atom. The molecule has 0 spiro atoms. The molecule has 85 valence electrons. The molecule has 0 atom stereocenters. The summed E-state index contributed by atoms with van der Waals surface area (Å²) < 4.78 is 22.9. The Hall–Kier alpha value is -0.130. The van der Waals surface area contributed by atoms with Gasteiger partial charge in [-0.3, -0.25) is 0 Å². The van der Waals surface area contributed by atoms with Crippen LogP contribution in [-0.4, -0.2) is 15.0 Å². The fourth-order valence-corrected chi connectivity index (χ4v) is 1.70. The van der Waals surface area contributed by atoms with E-state index in [4.69, 9.17) is 5.14 Å². The Bertz CT molecular complexity index is 215. The average Bonchev–Trinajstić information content (AvgIpc) is 2.08. The first-order valence-corrected chi connectivity index (χ1v) is 6.79. The van der Waals surface area contributed by atoms with Crippen molar-refractivity contribution in [3.63, 3.8) is 0 Å². The molecule has 0 aliphatic heterocycles. The van der Waals surface area contributed by atoms with Gasteiger partial charge in [0, 0.05) is 6.54 Å². The minimum Gasteiger partial charge on any atom is -0.201 e. The first kappa shape index (κ1) is 13.9. The molecule has 0 aliphatic carbocycles. The number of unbranched alkanes of at least 4 members (excludes halogenated alkanes) is 6. The van der Waals surface area contributed by atoms with E-state index in [1.165, 1.54) is 32.1 Å². The number of hydrogen-bond donors (Lipinski definition) is 1. The van der Waals surface area contributed by atoms with Crippen molar-refractivity contribution in [1.82, 2.24) is 9.86 Å². The van der Waals surface area contributed by atoms with Gasteiger partial charge in [0.25, 0.3) is 10.2 Å². The van der Waals surface area contributed by atoms with Crippen LogP contribution in [0.2, 0.25) is 0 Å². The summed E-state index contributed by atoms with van der Waals surface area (Å²) in [7, 11) is -3.73. The largest absolute Gasteiger partial charge is 0.290 e. The molecule has 0 saturated heterocycles. The summed E-state index contributed by atoms with van der Waals surface area (Å²) >= 11 is 0. The fourth-order valence-electron chi connectivity index (χ4n) is 1.29. The molecule has 4 nitrogen and oxygen atoms in total. The van der Waals surface area contributed by atoms with E-state index in [2.05, 4.69) is 11.6 Å². The minimum atomic E-state index is -3.73. The van der Waals surface area contributed by atoms with Crippen molar-refractivity contribution in [3.05, 3.63) is 0 Å². The van der Waals surface area contributed by atoms with E-state index in [-0.39, 0.29) is 0 Å². The van der Waals surface area contributed by atoms with Gasteiger partial charge in [0.1, 0.15) is 0 Å². The molecule has 0 heterocycles. The number of hydrogen-bond acceptors (Lipinski definition) is 2. The zero-order valence-electron chi connectivity index (χ0n) is 8.88. The molecule has 0 aliphatic rings. The predicted octanol–water partition coefficient (Wildman–Crippen LogP) is 1.85. The molecule has 0 bridgehead atoms. The second kappa shape index (κ2) is 8.20. The maximum absolute atomic E-state index is 10.4.